The quantitative estimate of drug-likeness (QED) is 0.461. The van der Waals surface area contributed by atoms with Gasteiger partial charge in [0.1, 0.15) is 28.3 Å². The van der Waals surface area contributed by atoms with Crippen molar-refractivity contribution in [1.82, 2.24) is 9.97 Å². The first kappa shape index (κ1) is 19.0. The molecule has 1 aliphatic rings. The zero-order valence-electron chi connectivity index (χ0n) is 15.7. The number of sulfonamides is 1. The van der Waals surface area contributed by atoms with Crippen LogP contribution in [0.2, 0.25) is 0 Å². The highest BCUT2D eigenvalue weighted by Gasteiger charge is 2.31. The van der Waals surface area contributed by atoms with Gasteiger partial charge in [0.15, 0.2) is 0 Å². The maximum absolute atomic E-state index is 13.5. The molecule has 7 nitrogen and oxygen atoms in total. The fraction of sp³-hybridized carbons (Fsp3) is 0.150. The Bertz CT molecular complexity index is 1430. The van der Waals surface area contributed by atoms with Gasteiger partial charge in [0.05, 0.1) is 38.5 Å². The van der Waals surface area contributed by atoms with E-state index in [9.17, 15) is 8.42 Å². The van der Waals surface area contributed by atoms with Crippen LogP contribution in [0, 0.1) is 18.3 Å². The third-order valence-electron chi connectivity index (χ3n) is 4.70. The van der Waals surface area contributed by atoms with Crippen LogP contribution in [0.3, 0.4) is 0 Å². The van der Waals surface area contributed by atoms with Gasteiger partial charge in [-0.15, -0.1) is 22.7 Å². The van der Waals surface area contributed by atoms with Gasteiger partial charge in [-0.1, -0.05) is 0 Å². The summed E-state index contributed by atoms with van der Waals surface area (Å²) in [5, 5.41) is 10.6. The van der Waals surface area contributed by atoms with E-state index in [0.29, 0.717) is 21.3 Å². The topological polar surface area (TPSA) is 96.2 Å². The second-order valence-electron chi connectivity index (χ2n) is 6.61. The summed E-state index contributed by atoms with van der Waals surface area (Å²) in [5.74, 6) is 0.500. The van der Waals surface area contributed by atoms with E-state index < -0.39 is 10.0 Å². The Kier molecular flexibility index (Phi) is 4.47. The number of hydrogen-bond acceptors (Lipinski definition) is 8. The molecule has 2 aromatic heterocycles. The Hall–Kier alpha value is -3.00. The number of nitriles is 1. The normalized spacial score (nSPS) is 13.7. The molecule has 3 heterocycles. The average Bonchev–Trinajstić information content (AvgIpc) is 3.37. The summed E-state index contributed by atoms with van der Waals surface area (Å²) < 4.78 is 34.9. The molecule has 0 atom stereocenters. The number of benzene rings is 2. The van der Waals surface area contributed by atoms with Crippen LogP contribution < -0.4 is 9.04 Å². The summed E-state index contributed by atoms with van der Waals surface area (Å²) in [4.78, 5) is 9.39. The molecular formula is C20H14N4O3S3. The Morgan fingerprint density at radius 2 is 2.07 bits per heavy atom. The predicted octanol–water partition coefficient (Wildman–Crippen LogP) is 4.19. The fourth-order valence-electron chi connectivity index (χ4n) is 3.34. The summed E-state index contributed by atoms with van der Waals surface area (Å²) in [6.45, 7) is 2.37. The molecule has 0 saturated carbocycles. The Morgan fingerprint density at radius 3 is 2.87 bits per heavy atom. The number of ether oxygens (including phenoxy) is 1. The highest BCUT2D eigenvalue weighted by Crippen LogP contribution is 2.39. The van der Waals surface area contributed by atoms with Gasteiger partial charge in [0.25, 0.3) is 10.0 Å². The van der Waals surface area contributed by atoms with Crippen molar-refractivity contribution in [1.29, 1.82) is 5.26 Å². The minimum absolute atomic E-state index is 0.208. The summed E-state index contributed by atoms with van der Waals surface area (Å²) in [6.07, 6.45) is 1.51. The number of rotatable bonds is 3. The van der Waals surface area contributed by atoms with Gasteiger partial charge >= 0.3 is 0 Å². The highest BCUT2D eigenvalue weighted by molar-refractivity contribution is 7.92. The highest BCUT2D eigenvalue weighted by atomic mass is 32.2. The minimum atomic E-state index is -3.79. The number of hydrogen-bond donors (Lipinski definition) is 0. The molecule has 10 heteroatoms. The maximum atomic E-state index is 13.5. The number of thiazole rings is 2. The molecule has 150 valence electrons. The van der Waals surface area contributed by atoms with E-state index in [4.69, 9.17) is 10.00 Å². The molecule has 0 spiro atoms. The third-order valence-corrected chi connectivity index (χ3v) is 8.39. The summed E-state index contributed by atoms with van der Waals surface area (Å²) in [6, 6.07) is 12.4. The first-order chi connectivity index (χ1) is 14.5. The van der Waals surface area contributed by atoms with Gasteiger partial charge in [0, 0.05) is 5.56 Å². The summed E-state index contributed by atoms with van der Waals surface area (Å²) in [5.41, 5.74) is 1.99. The first-order valence-corrected chi connectivity index (χ1v) is 12.1. The molecule has 2 aromatic carbocycles. The first-order valence-electron chi connectivity index (χ1n) is 8.99. The van der Waals surface area contributed by atoms with Gasteiger partial charge < -0.3 is 4.74 Å². The molecule has 0 N–H and O–H groups in total. The van der Waals surface area contributed by atoms with E-state index in [1.54, 1.807) is 30.3 Å². The predicted molar refractivity (Wildman–Crippen MR) is 117 cm³/mol. The van der Waals surface area contributed by atoms with Gasteiger partial charge in [-0.05, 0) is 43.3 Å². The van der Waals surface area contributed by atoms with Crippen molar-refractivity contribution in [3.05, 3.63) is 52.5 Å². The zero-order chi connectivity index (χ0) is 20.9. The minimum Gasteiger partial charge on any atom is -0.489 e. The summed E-state index contributed by atoms with van der Waals surface area (Å²) >= 11 is 2.73. The lowest BCUT2D eigenvalue weighted by molar-refractivity contribution is 0.316. The molecule has 0 bridgehead atoms. The molecule has 4 aromatic rings. The molecule has 0 aliphatic carbocycles. The largest absolute Gasteiger partial charge is 0.489 e. The van der Waals surface area contributed by atoms with Gasteiger partial charge in [0.2, 0.25) is 0 Å². The second kappa shape index (κ2) is 7.05. The van der Waals surface area contributed by atoms with Crippen molar-refractivity contribution in [2.75, 3.05) is 17.5 Å². The number of fused-ring (bicyclic) bond motifs is 2. The Labute approximate surface area is 180 Å². The van der Waals surface area contributed by atoms with Gasteiger partial charge in [-0.25, -0.2) is 18.4 Å². The second-order valence-corrected chi connectivity index (χ2v) is 10.7. The monoisotopic (exact) mass is 454 g/mol. The van der Waals surface area contributed by atoms with E-state index in [2.05, 4.69) is 16.0 Å². The van der Waals surface area contributed by atoms with Crippen molar-refractivity contribution in [3.63, 3.8) is 0 Å². The Balaban J connectivity index is 1.60. The van der Waals surface area contributed by atoms with Gasteiger partial charge in [-0.3, -0.25) is 4.31 Å². The number of aryl methyl sites for hydroxylation is 1. The maximum Gasteiger partial charge on any atom is 0.264 e. The molecule has 0 radical (unpaired) electrons. The molecule has 0 saturated heterocycles. The molecule has 30 heavy (non-hydrogen) atoms. The van der Waals surface area contributed by atoms with Crippen LogP contribution in [0.25, 0.3) is 20.8 Å². The van der Waals surface area contributed by atoms with Gasteiger partial charge in [-0.2, -0.15) is 5.26 Å². The van der Waals surface area contributed by atoms with Crippen molar-refractivity contribution in [2.45, 2.75) is 11.8 Å². The lowest BCUT2D eigenvalue weighted by atomic mass is 10.2. The van der Waals surface area contributed by atoms with E-state index in [1.807, 2.05) is 13.0 Å². The van der Waals surface area contributed by atoms with E-state index in [1.165, 1.54) is 33.2 Å². The van der Waals surface area contributed by atoms with E-state index in [0.717, 1.165) is 20.8 Å². The van der Waals surface area contributed by atoms with Crippen LogP contribution in [0.1, 0.15) is 9.88 Å². The fourth-order valence-corrected chi connectivity index (χ4v) is 6.47. The van der Waals surface area contributed by atoms with Crippen molar-refractivity contribution >= 4 is 48.6 Å². The van der Waals surface area contributed by atoms with Crippen LogP contribution in [-0.2, 0) is 10.0 Å². The number of aromatic nitrogens is 2. The van der Waals surface area contributed by atoms with E-state index in [-0.39, 0.29) is 18.0 Å². The van der Waals surface area contributed by atoms with Crippen LogP contribution in [-0.4, -0.2) is 31.5 Å². The number of anilines is 1. The smallest absolute Gasteiger partial charge is 0.264 e. The molecule has 0 amide bonds. The molecule has 1 aliphatic heterocycles. The van der Waals surface area contributed by atoms with Crippen LogP contribution in [0.4, 0.5) is 5.69 Å². The number of nitrogens with zero attached hydrogens (tertiary/aromatic N) is 4. The van der Waals surface area contributed by atoms with Crippen molar-refractivity contribution < 1.29 is 13.2 Å². The molecular weight excluding hydrogens is 440 g/mol. The standard InChI is InChI=1S/C20H14N4O3S3/c1-12-23-16-4-3-15(9-19(16)28-12)30(25,26)24-6-7-27-18-5-2-13(8-17(18)24)20-22-11-14(10-21)29-20/h2-5,8-9,11H,6-7H2,1H3. The molecule has 0 fully saturated rings. The van der Waals surface area contributed by atoms with Crippen LogP contribution in [0.15, 0.2) is 47.5 Å². The van der Waals surface area contributed by atoms with Crippen LogP contribution in [0.5, 0.6) is 5.75 Å². The lowest BCUT2D eigenvalue weighted by Gasteiger charge is -2.30. The Morgan fingerprint density at radius 1 is 1.20 bits per heavy atom. The molecule has 0 unspecified atom stereocenters. The van der Waals surface area contributed by atoms with Crippen molar-refractivity contribution in [2.24, 2.45) is 0 Å². The lowest BCUT2D eigenvalue weighted by Crippen LogP contribution is -2.37. The van der Waals surface area contributed by atoms with E-state index >= 15 is 0 Å². The van der Waals surface area contributed by atoms with Crippen molar-refractivity contribution in [3.8, 4) is 22.4 Å². The zero-order valence-corrected chi connectivity index (χ0v) is 18.1. The molecule has 5 rings (SSSR count). The third kappa shape index (κ3) is 3.11. The van der Waals surface area contributed by atoms with Crippen LogP contribution >= 0.6 is 22.7 Å². The SMILES string of the molecule is Cc1nc2ccc(S(=O)(=O)N3CCOc4ccc(-c5ncc(C#N)s5)cc43)cc2s1. The average molecular weight is 455 g/mol. The summed E-state index contributed by atoms with van der Waals surface area (Å²) in [7, 11) is -3.79.